The number of nitrogens with one attached hydrogen (secondary N) is 1. The zero-order valence-electron chi connectivity index (χ0n) is 14.5. The second kappa shape index (κ2) is 8.89. The lowest BCUT2D eigenvalue weighted by molar-refractivity contribution is -0.126. The van der Waals surface area contributed by atoms with E-state index >= 15 is 0 Å². The zero-order chi connectivity index (χ0) is 16.7. The van der Waals surface area contributed by atoms with Crippen molar-refractivity contribution in [1.29, 1.82) is 0 Å². The van der Waals surface area contributed by atoms with Crippen LogP contribution in [0.5, 0.6) is 5.75 Å². The predicted octanol–water partition coefficient (Wildman–Crippen LogP) is 1.58. The molecule has 1 N–H and O–H groups in total. The summed E-state index contributed by atoms with van der Waals surface area (Å²) in [6.07, 6.45) is 1.88. The molecule has 1 amide bonds. The van der Waals surface area contributed by atoms with Gasteiger partial charge in [0.2, 0.25) is 5.91 Å². The van der Waals surface area contributed by atoms with Gasteiger partial charge in [-0.25, -0.2) is 0 Å². The Balaban J connectivity index is 1.74. The van der Waals surface area contributed by atoms with E-state index in [4.69, 9.17) is 4.74 Å². The highest BCUT2D eigenvalue weighted by Gasteiger charge is 2.24. The van der Waals surface area contributed by atoms with Gasteiger partial charge in [-0.05, 0) is 57.7 Å². The van der Waals surface area contributed by atoms with E-state index in [2.05, 4.69) is 27.2 Å². The molecular weight excluding hydrogens is 290 g/mol. The topological polar surface area (TPSA) is 44.8 Å². The van der Waals surface area contributed by atoms with Crippen molar-refractivity contribution in [2.75, 3.05) is 47.4 Å². The number of ether oxygens (including phenoxy) is 1. The molecule has 1 heterocycles. The minimum Gasteiger partial charge on any atom is -0.497 e. The fourth-order valence-electron chi connectivity index (χ4n) is 2.93. The number of amides is 1. The number of carbonyl (C=O) groups is 1. The highest BCUT2D eigenvalue weighted by molar-refractivity contribution is 5.78. The maximum atomic E-state index is 12.2. The van der Waals surface area contributed by atoms with E-state index in [1.807, 2.05) is 26.2 Å². The van der Waals surface area contributed by atoms with Crippen LogP contribution in [0.1, 0.15) is 18.4 Å². The lowest BCUT2D eigenvalue weighted by atomic mass is 9.95. The van der Waals surface area contributed by atoms with E-state index in [1.165, 1.54) is 5.56 Å². The number of piperidine rings is 1. The quantitative estimate of drug-likeness (QED) is 0.829. The van der Waals surface area contributed by atoms with E-state index < -0.39 is 0 Å². The van der Waals surface area contributed by atoms with Crippen LogP contribution in [0.2, 0.25) is 0 Å². The fraction of sp³-hybridized carbons (Fsp3) is 0.611. The van der Waals surface area contributed by atoms with Crippen molar-refractivity contribution >= 4 is 5.91 Å². The van der Waals surface area contributed by atoms with Gasteiger partial charge < -0.3 is 15.0 Å². The highest BCUT2D eigenvalue weighted by Crippen LogP contribution is 2.20. The Kier molecular flexibility index (Phi) is 6.86. The number of hydrogen-bond acceptors (Lipinski definition) is 4. The molecule has 1 aromatic carbocycles. The molecule has 0 atom stereocenters. The van der Waals surface area contributed by atoms with Crippen LogP contribution in [0.4, 0.5) is 0 Å². The summed E-state index contributed by atoms with van der Waals surface area (Å²) in [5, 5.41) is 3.05. The predicted molar refractivity (Wildman–Crippen MR) is 92.6 cm³/mol. The van der Waals surface area contributed by atoms with E-state index in [0.29, 0.717) is 0 Å². The van der Waals surface area contributed by atoms with Crippen molar-refractivity contribution in [2.24, 2.45) is 5.92 Å². The summed E-state index contributed by atoms with van der Waals surface area (Å²) >= 11 is 0. The number of methoxy groups -OCH3 is 1. The van der Waals surface area contributed by atoms with Gasteiger partial charge in [0.05, 0.1) is 7.11 Å². The Hall–Kier alpha value is -1.59. The fourth-order valence-corrected chi connectivity index (χ4v) is 2.93. The van der Waals surface area contributed by atoms with Crippen molar-refractivity contribution in [1.82, 2.24) is 15.1 Å². The van der Waals surface area contributed by atoms with Gasteiger partial charge in [-0.1, -0.05) is 12.1 Å². The smallest absolute Gasteiger partial charge is 0.223 e. The van der Waals surface area contributed by atoms with Crippen molar-refractivity contribution in [3.63, 3.8) is 0 Å². The van der Waals surface area contributed by atoms with Gasteiger partial charge in [0, 0.05) is 25.6 Å². The summed E-state index contributed by atoms with van der Waals surface area (Å²) in [4.78, 5) is 16.7. The van der Waals surface area contributed by atoms with Gasteiger partial charge in [-0.3, -0.25) is 9.69 Å². The second-order valence-corrected chi connectivity index (χ2v) is 6.50. The number of likely N-dealkylation sites (N-methyl/N-ethyl adjacent to an activating group) is 1. The average Bonchev–Trinajstić information content (AvgIpc) is 2.55. The van der Waals surface area contributed by atoms with E-state index in [1.54, 1.807) is 7.11 Å². The first-order valence-corrected chi connectivity index (χ1v) is 8.36. The van der Waals surface area contributed by atoms with Crippen molar-refractivity contribution in [2.45, 2.75) is 19.4 Å². The number of carbonyl (C=O) groups excluding carboxylic acids is 1. The summed E-state index contributed by atoms with van der Waals surface area (Å²) in [5.41, 5.74) is 1.26. The number of rotatable bonds is 7. The molecule has 1 aliphatic rings. The van der Waals surface area contributed by atoms with Crippen LogP contribution in [0.25, 0.3) is 0 Å². The van der Waals surface area contributed by atoms with E-state index in [0.717, 1.165) is 51.3 Å². The molecule has 0 bridgehead atoms. The lowest BCUT2D eigenvalue weighted by Gasteiger charge is -2.31. The molecule has 0 aliphatic carbocycles. The van der Waals surface area contributed by atoms with Crippen LogP contribution in [0.3, 0.4) is 0 Å². The normalized spacial score (nSPS) is 16.5. The maximum Gasteiger partial charge on any atom is 0.223 e. The molecule has 1 aliphatic heterocycles. The van der Waals surface area contributed by atoms with Gasteiger partial charge in [0.25, 0.3) is 0 Å². The molecule has 23 heavy (non-hydrogen) atoms. The third-order valence-electron chi connectivity index (χ3n) is 4.36. The molecule has 0 unspecified atom stereocenters. The minimum absolute atomic E-state index is 0.165. The van der Waals surface area contributed by atoms with Gasteiger partial charge >= 0.3 is 0 Å². The highest BCUT2D eigenvalue weighted by atomic mass is 16.5. The molecule has 5 nitrogen and oxygen atoms in total. The van der Waals surface area contributed by atoms with Gasteiger partial charge in [0.15, 0.2) is 0 Å². The van der Waals surface area contributed by atoms with Gasteiger partial charge in [-0.15, -0.1) is 0 Å². The molecule has 1 aromatic rings. The summed E-state index contributed by atoms with van der Waals surface area (Å²) in [7, 11) is 5.73. The Morgan fingerprint density at radius 3 is 2.74 bits per heavy atom. The summed E-state index contributed by atoms with van der Waals surface area (Å²) in [6.45, 7) is 4.49. The number of nitrogens with zero attached hydrogens (tertiary/aromatic N) is 2. The SMILES string of the molecule is COc1cccc(CN2CCC(C(=O)NCCN(C)C)CC2)c1. The van der Waals surface area contributed by atoms with Crippen LogP contribution in [-0.2, 0) is 11.3 Å². The maximum absolute atomic E-state index is 12.2. The van der Waals surface area contributed by atoms with Crippen LogP contribution in [0, 0.1) is 5.92 Å². The van der Waals surface area contributed by atoms with E-state index in [9.17, 15) is 4.79 Å². The molecule has 1 fully saturated rings. The van der Waals surface area contributed by atoms with Crippen molar-refractivity contribution in [3.05, 3.63) is 29.8 Å². The number of hydrogen-bond donors (Lipinski definition) is 1. The monoisotopic (exact) mass is 319 g/mol. The Bertz CT molecular complexity index is 497. The average molecular weight is 319 g/mol. The number of likely N-dealkylation sites (tertiary alicyclic amines) is 1. The standard InChI is InChI=1S/C18H29N3O2/c1-20(2)12-9-19-18(22)16-7-10-21(11-8-16)14-15-5-4-6-17(13-15)23-3/h4-6,13,16H,7-12,14H2,1-3H3,(H,19,22). The molecule has 1 saturated heterocycles. The van der Waals surface area contributed by atoms with Gasteiger partial charge in [0.1, 0.15) is 5.75 Å². The third kappa shape index (κ3) is 5.84. The minimum atomic E-state index is 0.165. The summed E-state index contributed by atoms with van der Waals surface area (Å²) < 4.78 is 5.27. The third-order valence-corrected chi connectivity index (χ3v) is 4.36. The Labute approximate surface area is 139 Å². The first kappa shape index (κ1) is 17.8. The van der Waals surface area contributed by atoms with E-state index in [-0.39, 0.29) is 11.8 Å². The first-order chi connectivity index (χ1) is 11.1. The molecule has 0 spiro atoms. The molecular formula is C18H29N3O2. The van der Waals surface area contributed by atoms with Crippen LogP contribution in [0.15, 0.2) is 24.3 Å². The summed E-state index contributed by atoms with van der Waals surface area (Å²) in [5.74, 6) is 1.28. The molecule has 2 rings (SSSR count). The van der Waals surface area contributed by atoms with Gasteiger partial charge in [-0.2, -0.15) is 0 Å². The first-order valence-electron chi connectivity index (χ1n) is 8.36. The zero-order valence-corrected chi connectivity index (χ0v) is 14.5. The molecule has 0 aromatic heterocycles. The van der Waals surface area contributed by atoms with Crippen LogP contribution >= 0.6 is 0 Å². The van der Waals surface area contributed by atoms with Crippen LogP contribution < -0.4 is 10.1 Å². The molecule has 5 heteroatoms. The molecule has 0 radical (unpaired) electrons. The van der Waals surface area contributed by atoms with Crippen LogP contribution in [-0.4, -0.2) is 63.1 Å². The molecule has 128 valence electrons. The molecule has 0 saturated carbocycles. The van der Waals surface area contributed by atoms with Crippen molar-refractivity contribution in [3.8, 4) is 5.75 Å². The Morgan fingerprint density at radius 2 is 2.09 bits per heavy atom. The van der Waals surface area contributed by atoms with Crippen molar-refractivity contribution < 1.29 is 9.53 Å². The summed E-state index contributed by atoms with van der Waals surface area (Å²) in [6, 6.07) is 8.20. The Morgan fingerprint density at radius 1 is 1.35 bits per heavy atom. The second-order valence-electron chi connectivity index (χ2n) is 6.50. The largest absolute Gasteiger partial charge is 0.497 e. The number of benzene rings is 1. The lowest BCUT2D eigenvalue weighted by Crippen LogP contribution is -2.41.